The number of carbonyl (C=O) groups is 1. The molecule has 6 nitrogen and oxygen atoms in total. The summed E-state index contributed by atoms with van der Waals surface area (Å²) in [7, 11) is 0. The normalized spacial score (nSPS) is 21.8. The molecule has 0 amide bonds. The summed E-state index contributed by atoms with van der Waals surface area (Å²) in [6, 6.07) is 4.92. The monoisotopic (exact) mass is 288 g/mol. The number of rotatable bonds is 3. The quantitative estimate of drug-likeness (QED) is 0.656. The molecule has 0 aliphatic carbocycles. The van der Waals surface area contributed by atoms with E-state index in [2.05, 4.69) is 9.97 Å². The van der Waals surface area contributed by atoms with E-state index in [1.165, 1.54) is 0 Å². The number of aromatic nitrogens is 2. The number of aromatic amines is 2. The van der Waals surface area contributed by atoms with Crippen molar-refractivity contribution in [3.05, 3.63) is 44.5 Å². The van der Waals surface area contributed by atoms with Crippen LogP contribution < -0.4 is 11.1 Å². The maximum Gasteiger partial charge on any atom is 0.314 e. The Hall–Kier alpha value is -2.21. The highest BCUT2D eigenvalue weighted by atomic mass is 16.5. The number of Topliss-reactive ketones (excluding diaryl/α,β-unsaturated/α-hetero) is 1. The van der Waals surface area contributed by atoms with E-state index in [9.17, 15) is 14.4 Å². The number of carbonyl (C=O) groups excluding carboxylic acids is 1. The topological polar surface area (TPSA) is 92.0 Å². The predicted molar refractivity (Wildman–Crippen MR) is 77.7 cm³/mol. The van der Waals surface area contributed by atoms with Gasteiger partial charge in [0, 0.05) is 12.2 Å². The van der Waals surface area contributed by atoms with E-state index in [1.54, 1.807) is 18.2 Å². The molecule has 0 radical (unpaired) electrons. The van der Waals surface area contributed by atoms with E-state index < -0.39 is 11.1 Å². The molecule has 1 saturated heterocycles. The van der Waals surface area contributed by atoms with Crippen molar-refractivity contribution in [3.8, 4) is 0 Å². The van der Waals surface area contributed by atoms with Crippen LogP contribution in [0.2, 0.25) is 0 Å². The van der Waals surface area contributed by atoms with Gasteiger partial charge in [0.15, 0.2) is 5.78 Å². The molecule has 0 saturated carbocycles. The molecule has 1 aliphatic rings. The molecule has 2 atom stereocenters. The average Bonchev–Trinajstić information content (AvgIpc) is 2.95. The fourth-order valence-electron chi connectivity index (χ4n) is 2.83. The van der Waals surface area contributed by atoms with Crippen molar-refractivity contribution < 1.29 is 9.53 Å². The van der Waals surface area contributed by atoms with Crippen LogP contribution in [0.1, 0.15) is 30.1 Å². The Kier molecular flexibility index (Phi) is 3.47. The van der Waals surface area contributed by atoms with Crippen LogP contribution in [0.3, 0.4) is 0 Å². The van der Waals surface area contributed by atoms with Crippen LogP contribution in [0, 0.1) is 5.92 Å². The van der Waals surface area contributed by atoms with Crippen LogP contribution >= 0.6 is 0 Å². The van der Waals surface area contributed by atoms with E-state index in [0.29, 0.717) is 23.2 Å². The van der Waals surface area contributed by atoms with Gasteiger partial charge in [-0.15, -0.1) is 0 Å². The molecule has 2 aromatic rings. The second kappa shape index (κ2) is 5.29. The smallest absolute Gasteiger partial charge is 0.314 e. The number of ether oxygens (including phenoxy) is 1. The third-order valence-corrected chi connectivity index (χ3v) is 3.96. The SMILES string of the molecule is CCC1OCCC1C(=O)c1ccc2[nH]c(=O)c(=O)[nH]c2c1. The molecule has 1 fully saturated rings. The lowest BCUT2D eigenvalue weighted by atomic mass is 9.90. The van der Waals surface area contributed by atoms with Gasteiger partial charge in [0.05, 0.1) is 23.1 Å². The number of fused-ring (bicyclic) bond motifs is 1. The molecule has 2 N–H and O–H groups in total. The van der Waals surface area contributed by atoms with Gasteiger partial charge in [-0.1, -0.05) is 6.92 Å². The zero-order chi connectivity index (χ0) is 15.0. The van der Waals surface area contributed by atoms with Gasteiger partial charge < -0.3 is 14.7 Å². The number of hydrogen-bond acceptors (Lipinski definition) is 4. The molecule has 110 valence electrons. The summed E-state index contributed by atoms with van der Waals surface area (Å²) in [4.78, 5) is 40.2. The third kappa shape index (κ3) is 2.42. The predicted octanol–water partition coefficient (Wildman–Crippen LogP) is 1.21. The molecule has 0 spiro atoms. The van der Waals surface area contributed by atoms with Crippen LogP contribution in [0.25, 0.3) is 11.0 Å². The van der Waals surface area contributed by atoms with Gasteiger partial charge >= 0.3 is 11.1 Å². The second-order valence-electron chi connectivity index (χ2n) is 5.25. The first kappa shape index (κ1) is 13.8. The van der Waals surface area contributed by atoms with Crippen molar-refractivity contribution in [1.82, 2.24) is 9.97 Å². The van der Waals surface area contributed by atoms with Crippen molar-refractivity contribution in [2.45, 2.75) is 25.9 Å². The lowest BCUT2D eigenvalue weighted by Crippen LogP contribution is -2.29. The third-order valence-electron chi connectivity index (χ3n) is 3.96. The minimum absolute atomic E-state index is 0.0216. The van der Waals surface area contributed by atoms with Crippen molar-refractivity contribution in [2.75, 3.05) is 6.61 Å². The Balaban J connectivity index is 2.01. The van der Waals surface area contributed by atoms with Crippen LogP contribution in [0.5, 0.6) is 0 Å². The summed E-state index contributed by atoms with van der Waals surface area (Å²) in [6.45, 7) is 2.60. The first-order valence-electron chi connectivity index (χ1n) is 7.02. The van der Waals surface area contributed by atoms with Crippen LogP contribution in [-0.2, 0) is 4.74 Å². The first-order valence-corrected chi connectivity index (χ1v) is 7.02. The van der Waals surface area contributed by atoms with Gasteiger partial charge in [-0.25, -0.2) is 0 Å². The van der Waals surface area contributed by atoms with E-state index in [4.69, 9.17) is 4.74 Å². The van der Waals surface area contributed by atoms with Gasteiger partial charge in [-0.3, -0.25) is 14.4 Å². The van der Waals surface area contributed by atoms with Gasteiger partial charge in [-0.05, 0) is 31.0 Å². The number of H-pyrrole nitrogens is 2. The fraction of sp³-hybridized carbons (Fsp3) is 0.400. The summed E-state index contributed by atoms with van der Waals surface area (Å²) >= 11 is 0. The number of ketones is 1. The zero-order valence-electron chi connectivity index (χ0n) is 11.6. The highest BCUT2D eigenvalue weighted by molar-refractivity contribution is 6.00. The Labute approximate surface area is 120 Å². The Bertz CT molecular complexity index is 805. The second-order valence-corrected chi connectivity index (χ2v) is 5.25. The molecule has 1 aromatic carbocycles. The first-order chi connectivity index (χ1) is 10.1. The summed E-state index contributed by atoms with van der Waals surface area (Å²) in [5, 5.41) is 0. The molecule has 21 heavy (non-hydrogen) atoms. The molecule has 3 rings (SSSR count). The summed E-state index contributed by atoms with van der Waals surface area (Å²) in [5.41, 5.74) is 0.0713. The Morgan fingerprint density at radius 1 is 1.24 bits per heavy atom. The van der Waals surface area contributed by atoms with Crippen molar-refractivity contribution >= 4 is 16.8 Å². The molecule has 0 bridgehead atoms. The lowest BCUT2D eigenvalue weighted by Gasteiger charge is -2.15. The van der Waals surface area contributed by atoms with Gasteiger partial charge in [0.25, 0.3) is 0 Å². The van der Waals surface area contributed by atoms with E-state index in [0.717, 1.165) is 12.8 Å². The lowest BCUT2D eigenvalue weighted by molar-refractivity contribution is 0.0689. The Morgan fingerprint density at radius 2 is 1.95 bits per heavy atom. The van der Waals surface area contributed by atoms with Crippen molar-refractivity contribution in [2.24, 2.45) is 5.92 Å². The number of benzene rings is 1. The molecular weight excluding hydrogens is 272 g/mol. The van der Waals surface area contributed by atoms with Gasteiger partial charge in [0.2, 0.25) is 0 Å². The fourth-order valence-corrected chi connectivity index (χ4v) is 2.83. The van der Waals surface area contributed by atoms with Gasteiger partial charge in [0.1, 0.15) is 0 Å². The van der Waals surface area contributed by atoms with Crippen LogP contribution in [0.15, 0.2) is 27.8 Å². The maximum absolute atomic E-state index is 12.6. The largest absolute Gasteiger partial charge is 0.377 e. The van der Waals surface area contributed by atoms with Gasteiger partial charge in [-0.2, -0.15) is 0 Å². The maximum atomic E-state index is 12.6. The highest BCUT2D eigenvalue weighted by Crippen LogP contribution is 2.27. The molecular formula is C15H16N2O4. The van der Waals surface area contributed by atoms with E-state index >= 15 is 0 Å². The standard InChI is InChI=1S/C15H16N2O4/c1-2-12-9(5-6-21-12)13(18)8-3-4-10-11(7-8)17-15(20)14(19)16-10/h3-4,7,9,12H,2,5-6H2,1H3,(H,16,19)(H,17,20). The molecule has 2 heterocycles. The molecule has 2 unspecified atom stereocenters. The highest BCUT2D eigenvalue weighted by Gasteiger charge is 2.33. The minimum Gasteiger partial charge on any atom is -0.377 e. The summed E-state index contributed by atoms with van der Waals surface area (Å²) in [5.74, 6) is -0.116. The van der Waals surface area contributed by atoms with Crippen molar-refractivity contribution in [3.63, 3.8) is 0 Å². The van der Waals surface area contributed by atoms with E-state index in [-0.39, 0.29) is 17.8 Å². The zero-order valence-corrected chi connectivity index (χ0v) is 11.6. The number of nitrogens with one attached hydrogen (secondary N) is 2. The van der Waals surface area contributed by atoms with Crippen LogP contribution in [0.4, 0.5) is 0 Å². The van der Waals surface area contributed by atoms with Crippen molar-refractivity contribution in [1.29, 1.82) is 0 Å². The van der Waals surface area contributed by atoms with Crippen LogP contribution in [-0.4, -0.2) is 28.5 Å². The molecule has 1 aromatic heterocycles. The van der Waals surface area contributed by atoms with E-state index in [1.807, 2.05) is 6.92 Å². The minimum atomic E-state index is -0.720. The number of hydrogen-bond donors (Lipinski definition) is 2. The Morgan fingerprint density at radius 3 is 2.67 bits per heavy atom. The average molecular weight is 288 g/mol. The summed E-state index contributed by atoms with van der Waals surface area (Å²) in [6.07, 6.45) is 1.48. The molecule has 6 heteroatoms. The molecule has 1 aliphatic heterocycles. The summed E-state index contributed by atoms with van der Waals surface area (Å²) < 4.78 is 5.55.